The molecule has 136 valence electrons. The van der Waals surface area contributed by atoms with Crippen molar-refractivity contribution in [2.24, 2.45) is 10.7 Å². The smallest absolute Gasteiger partial charge is 0.225 e. The first kappa shape index (κ1) is 16.8. The van der Waals surface area contributed by atoms with Crippen molar-refractivity contribution in [2.75, 3.05) is 31.1 Å². The number of hydrogen-bond acceptors (Lipinski definition) is 4. The summed E-state index contributed by atoms with van der Waals surface area (Å²) in [5, 5.41) is 0. The average Bonchev–Trinajstić information content (AvgIpc) is 2.66. The summed E-state index contributed by atoms with van der Waals surface area (Å²) in [6, 6.07) is 9.02. The molecule has 2 fully saturated rings. The van der Waals surface area contributed by atoms with Crippen LogP contribution in [0, 0.1) is 5.82 Å². The highest BCUT2D eigenvalue weighted by Gasteiger charge is 2.32. The number of rotatable bonds is 3. The standard InChI is InChI=1S/C19H23FN6/c20-17-5-2-1-4-16(17)14-12-15(13-14)24-18(21)25-8-10-26(11-9-25)19-22-6-3-7-23-19/h1-7,14-15H,8-13H2,(H2,21,24). The van der Waals surface area contributed by atoms with Crippen molar-refractivity contribution in [3.63, 3.8) is 0 Å². The van der Waals surface area contributed by atoms with Crippen LogP contribution in [0.25, 0.3) is 0 Å². The Bertz CT molecular complexity index is 767. The second kappa shape index (κ2) is 7.27. The molecule has 0 bridgehead atoms. The number of halogens is 1. The lowest BCUT2D eigenvalue weighted by atomic mass is 9.76. The second-order valence-electron chi connectivity index (χ2n) is 6.85. The SMILES string of the molecule is NC(=NC1CC(c2ccccc2F)C1)N1CCN(c2ncccn2)CC1. The summed E-state index contributed by atoms with van der Waals surface area (Å²) in [4.78, 5) is 17.5. The van der Waals surface area contributed by atoms with E-state index in [-0.39, 0.29) is 17.8 Å². The Balaban J connectivity index is 1.29. The molecule has 0 unspecified atom stereocenters. The van der Waals surface area contributed by atoms with E-state index in [9.17, 15) is 4.39 Å². The quantitative estimate of drug-likeness (QED) is 0.674. The zero-order chi connectivity index (χ0) is 17.9. The van der Waals surface area contributed by atoms with Gasteiger partial charge in [0.1, 0.15) is 5.82 Å². The molecule has 2 aliphatic rings. The zero-order valence-corrected chi connectivity index (χ0v) is 14.6. The molecule has 0 spiro atoms. The molecular formula is C19H23FN6. The molecular weight excluding hydrogens is 331 g/mol. The van der Waals surface area contributed by atoms with Gasteiger partial charge in [-0.3, -0.25) is 0 Å². The van der Waals surface area contributed by atoms with Gasteiger partial charge in [0, 0.05) is 38.6 Å². The fraction of sp³-hybridized carbons (Fsp3) is 0.421. The average molecular weight is 354 g/mol. The number of anilines is 1. The topological polar surface area (TPSA) is 70.6 Å². The van der Waals surface area contributed by atoms with Gasteiger partial charge in [-0.1, -0.05) is 18.2 Å². The van der Waals surface area contributed by atoms with Gasteiger partial charge in [-0.2, -0.15) is 0 Å². The van der Waals surface area contributed by atoms with Crippen molar-refractivity contribution in [3.8, 4) is 0 Å². The molecule has 2 heterocycles. The first-order chi connectivity index (χ1) is 12.7. The van der Waals surface area contributed by atoms with E-state index in [4.69, 9.17) is 5.73 Å². The minimum atomic E-state index is -0.118. The molecule has 26 heavy (non-hydrogen) atoms. The number of guanidine groups is 1. The van der Waals surface area contributed by atoms with Gasteiger partial charge in [0.15, 0.2) is 5.96 Å². The van der Waals surface area contributed by atoms with Crippen molar-refractivity contribution in [1.29, 1.82) is 0 Å². The van der Waals surface area contributed by atoms with Gasteiger partial charge in [-0.25, -0.2) is 19.4 Å². The molecule has 0 amide bonds. The van der Waals surface area contributed by atoms with Crippen LogP contribution < -0.4 is 10.6 Å². The predicted octanol–water partition coefficient (Wildman–Crippen LogP) is 2.00. The fourth-order valence-electron chi connectivity index (χ4n) is 3.61. The van der Waals surface area contributed by atoms with Gasteiger partial charge >= 0.3 is 0 Å². The van der Waals surface area contributed by atoms with E-state index in [0.717, 1.165) is 50.5 Å². The Morgan fingerprint density at radius 3 is 2.42 bits per heavy atom. The van der Waals surface area contributed by atoms with E-state index < -0.39 is 0 Å². The summed E-state index contributed by atoms with van der Waals surface area (Å²) in [6.45, 7) is 3.25. The highest BCUT2D eigenvalue weighted by Crippen LogP contribution is 2.39. The lowest BCUT2D eigenvalue weighted by Gasteiger charge is -2.37. The number of piperazine rings is 1. The van der Waals surface area contributed by atoms with Crippen molar-refractivity contribution >= 4 is 11.9 Å². The van der Waals surface area contributed by atoms with Gasteiger partial charge in [0.25, 0.3) is 0 Å². The molecule has 0 atom stereocenters. The third-order valence-corrected chi connectivity index (χ3v) is 5.21. The zero-order valence-electron chi connectivity index (χ0n) is 14.6. The van der Waals surface area contributed by atoms with E-state index >= 15 is 0 Å². The van der Waals surface area contributed by atoms with Crippen molar-refractivity contribution in [3.05, 3.63) is 54.1 Å². The number of benzene rings is 1. The maximum Gasteiger partial charge on any atom is 0.225 e. The molecule has 0 radical (unpaired) electrons. The third-order valence-electron chi connectivity index (χ3n) is 5.21. The van der Waals surface area contributed by atoms with E-state index in [0.29, 0.717) is 5.96 Å². The Hall–Kier alpha value is -2.70. The maximum atomic E-state index is 13.8. The monoisotopic (exact) mass is 354 g/mol. The van der Waals surface area contributed by atoms with Crippen molar-refractivity contribution in [2.45, 2.75) is 24.8 Å². The molecule has 1 aliphatic heterocycles. The van der Waals surface area contributed by atoms with Gasteiger partial charge in [0.05, 0.1) is 6.04 Å². The molecule has 1 aromatic carbocycles. The molecule has 4 rings (SSSR count). The first-order valence-electron chi connectivity index (χ1n) is 9.05. The molecule has 1 aliphatic carbocycles. The van der Waals surface area contributed by atoms with Crippen molar-refractivity contribution in [1.82, 2.24) is 14.9 Å². The van der Waals surface area contributed by atoms with Gasteiger partial charge in [-0.05, 0) is 36.5 Å². The summed E-state index contributed by atoms with van der Waals surface area (Å²) < 4.78 is 13.8. The van der Waals surface area contributed by atoms with Gasteiger partial charge < -0.3 is 15.5 Å². The lowest BCUT2D eigenvalue weighted by molar-refractivity contribution is 0.330. The molecule has 2 N–H and O–H groups in total. The third kappa shape index (κ3) is 3.47. The normalized spacial score (nSPS) is 23.7. The van der Waals surface area contributed by atoms with Crippen LogP contribution in [0.3, 0.4) is 0 Å². The molecule has 1 saturated heterocycles. The second-order valence-corrected chi connectivity index (χ2v) is 6.85. The fourth-order valence-corrected chi connectivity index (χ4v) is 3.61. The van der Waals surface area contributed by atoms with Crippen LogP contribution in [-0.2, 0) is 0 Å². The van der Waals surface area contributed by atoms with Crippen LogP contribution in [0.4, 0.5) is 10.3 Å². The predicted molar refractivity (Wildman–Crippen MR) is 99.6 cm³/mol. The molecule has 1 saturated carbocycles. The van der Waals surface area contributed by atoms with Crippen LogP contribution >= 0.6 is 0 Å². The van der Waals surface area contributed by atoms with Gasteiger partial charge in [0.2, 0.25) is 5.95 Å². The Morgan fingerprint density at radius 2 is 1.73 bits per heavy atom. The molecule has 6 nitrogen and oxygen atoms in total. The molecule has 1 aromatic heterocycles. The Kier molecular flexibility index (Phi) is 4.69. The van der Waals surface area contributed by atoms with Crippen LogP contribution in [0.2, 0.25) is 0 Å². The van der Waals surface area contributed by atoms with E-state index in [1.54, 1.807) is 18.5 Å². The summed E-state index contributed by atoms with van der Waals surface area (Å²) >= 11 is 0. The minimum absolute atomic E-state index is 0.118. The molecule has 2 aromatic rings. The number of nitrogens with two attached hydrogens (primary N) is 1. The van der Waals surface area contributed by atoms with E-state index in [1.807, 2.05) is 18.2 Å². The lowest BCUT2D eigenvalue weighted by Crippen LogP contribution is -2.52. The van der Waals surface area contributed by atoms with E-state index in [2.05, 4.69) is 24.8 Å². The summed E-state index contributed by atoms with van der Waals surface area (Å²) in [6.07, 6.45) is 5.24. The van der Waals surface area contributed by atoms with Crippen LogP contribution in [-0.4, -0.2) is 53.0 Å². The summed E-state index contributed by atoms with van der Waals surface area (Å²) in [7, 11) is 0. The maximum absolute atomic E-state index is 13.8. The first-order valence-corrected chi connectivity index (χ1v) is 9.05. The number of aromatic nitrogens is 2. The van der Waals surface area contributed by atoms with Crippen LogP contribution in [0.1, 0.15) is 24.3 Å². The number of aliphatic imine (C=N–C) groups is 1. The Morgan fingerprint density at radius 1 is 1.04 bits per heavy atom. The number of nitrogens with zero attached hydrogens (tertiary/aromatic N) is 5. The van der Waals surface area contributed by atoms with E-state index in [1.165, 1.54) is 6.07 Å². The van der Waals surface area contributed by atoms with Crippen LogP contribution in [0.15, 0.2) is 47.7 Å². The summed E-state index contributed by atoms with van der Waals surface area (Å²) in [5.74, 6) is 1.49. The van der Waals surface area contributed by atoms with Gasteiger partial charge in [-0.15, -0.1) is 0 Å². The summed E-state index contributed by atoms with van der Waals surface area (Å²) in [5.41, 5.74) is 7.01. The highest BCUT2D eigenvalue weighted by atomic mass is 19.1. The highest BCUT2D eigenvalue weighted by molar-refractivity contribution is 5.78. The molecule has 7 heteroatoms. The largest absolute Gasteiger partial charge is 0.370 e. The Labute approximate surface area is 152 Å². The van der Waals surface area contributed by atoms with Crippen LogP contribution in [0.5, 0.6) is 0 Å². The van der Waals surface area contributed by atoms with Crippen molar-refractivity contribution < 1.29 is 4.39 Å². The minimum Gasteiger partial charge on any atom is -0.370 e. The number of hydrogen-bond donors (Lipinski definition) is 1.